The van der Waals surface area contributed by atoms with Crippen LogP contribution >= 0.6 is 11.3 Å². The highest BCUT2D eigenvalue weighted by molar-refractivity contribution is 7.22. The number of phenols is 1. The van der Waals surface area contributed by atoms with Crippen LogP contribution in [-0.4, -0.2) is 30.5 Å². The number of aliphatic imine (C=N–C) groups is 1. The number of aromatic hydroxyl groups is 1. The van der Waals surface area contributed by atoms with Crippen molar-refractivity contribution in [2.75, 3.05) is 14.2 Å². The molecule has 5 nitrogen and oxygen atoms in total. The van der Waals surface area contributed by atoms with Crippen LogP contribution in [0.1, 0.15) is 5.56 Å². The lowest BCUT2D eigenvalue weighted by molar-refractivity contribution is 0.373. The third kappa shape index (κ3) is 2.73. The van der Waals surface area contributed by atoms with Crippen LogP contribution in [0.3, 0.4) is 0 Å². The molecule has 0 fully saturated rings. The third-order valence-electron chi connectivity index (χ3n) is 3.15. The smallest absolute Gasteiger partial charge is 0.210 e. The highest BCUT2D eigenvalue weighted by Crippen LogP contribution is 2.32. The molecule has 0 bridgehead atoms. The molecule has 0 radical (unpaired) electrons. The number of aromatic nitrogens is 1. The van der Waals surface area contributed by atoms with Crippen LogP contribution in [0.5, 0.6) is 17.2 Å². The maximum absolute atomic E-state index is 10.0. The van der Waals surface area contributed by atoms with Gasteiger partial charge in [0.15, 0.2) is 11.5 Å². The van der Waals surface area contributed by atoms with Gasteiger partial charge in [-0.3, -0.25) is 0 Å². The van der Waals surface area contributed by atoms with Crippen molar-refractivity contribution in [3.63, 3.8) is 0 Å². The summed E-state index contributed by atoms with van der Waals surface area (Å²) in [6, 6.07) is 10.9. The first-order valence-electron chi connectivity index (χ1n) is 6.56. The first-order chi connectivity index (χ1) is 10.7. The summed E-state index contributed by atoms with van der Waals surface area (Å²) < 4.78 is 11.3. The number of fused-ring (bicyclic) bond motifs is 1. The molecule has 2 aromatic carbocycles. The second kappa shape index (κ2) is 6.03. The Bertz CT molecular complexity index is 843. The number of hydrogen-bond acceptors (Lipinski definition) is 6. The van der Waals surface area contributed by atoms with Gasteiger partial charge in [-0.05, 0) is 30.3 Å². The number of thiazole rings is 1. The van der Waals surface area contributed by atoms with E-state index in [0.29, 0.717) is 16.4 Å². The van der Waals surface area contributed by atoms with Gasteiger partial charge in [0, 0.05) is 11.8 Å². The van der Waals surface area contributed by atoms with E-state index < -0.39 is 0 Å². The van der Waals surface area contributed by atoms with E-state index in [9.17, 15) is 5.11 Å². The summed E-state index contributed by atoms with van der Waals surface area (Å²) in [6.07, 6.45) is 1.58. The Kier molecular flexibility index (Phi) is 3.93. The molecule has 0 spiro atoms. The molecule has 3 rings (SSSR count). The minimum atomic E-state index is 0.0662. The summed E-state index contributed by atoms with van der Waals surface area (Å²) in [5.41, 5.74) is 1.45. The van der Waals surface area contributed by atoms with Crippen molar-refractivity contribution >= 4 is 32.9 Å². The van der Waals surface area contributed by atoms with Crippen LogP contribution in [0.15, 0.2) is 41.4 Å². The number of ether oxygens (including phenoxy) is 2. The monoisotopic (exact) mass is 314 g/mol. The Hall–Kier alpha value is -2.60. The predicted molar refractivity (Wildman–Crippen MR) is 88.1 cm³/mol. The topological polar surface area (TPSA) is 63.9 Å². The van der Waals surface area contributed by atoms with Gasteiger partial charge in [-0.1, -0.05) is 17.4 Å². The molecule has 112 valence electrons. The van der Waals surface area contributed by atoms with Gasteiger partial charge in [0.2, 0.25) is 5.13 Å². The Morgan fingerprint density at radius 3 is 2.82 bits per heavy atom. The van der Waals surface area contributed by atoms with Crippen molar-refractivity contribution < 1.29 is 14.6 Å². The second-order valence-electron chi connectivity index (χ2n) is 4.49. The molecule has 0 aliphatic rings. The number of hydrogen-bond donors (Lipinski definition) is 1. The Morgan fingerprint density at radius 2 is 2.05 bits per heavy atom. The van der Waals surface area contributed by atoms with Crippen LogP contribution in [0.2, 0.25) is 0 Å². The van der Waals surface area contributed by atoms with E-state index in [0.717, 1.165) is 16.0 Å². The molecule has 0 unspecified atom stereocenters. The highest BCUT2D eigenvalue weighted by atomic mass is 32.1. The fourth-order valence-corrected chi connectivity index (χ4v) is 2.85. The van der Waals surface area contributed by atoms with Gasteiger partial charge in [-0.25, -0.2) is 9.98 Å². The average molecular weight is 314 g/mol. The lowest BCUT2D eigenvalue weighted by atomic mass is 10.2. The van der Waals surface area contributed by atoms with E-state index in [4.69, 9.17) is 9.47 Å². The fraction of sp³-hybridized carbons (Fsp3) is 0.125. The van der Waals surface area contributed by atoms with Crippen LogP contribution in [-0.2, 0) is 0 Å². The highest BCUT2D eigenvalue weighted by Gasteiger charge is 2.06. The van der Waals surface area contributed by atoms with E-state index in [1.165, 1.54) is 18.4 Å². The molecule has 3 aromatic rings. The number of para-hydroxylation sites is 1. The Labute approximate surface area is 131 Å². The Morgan fingerprint density at radius 1 is 1.18 bits per heavy atom. The summed E-state index contributed by atoms with van der Waals surface area (Å²) in [5, 5.41) is 10.6. The molecule has 6 heteroatoms. The number of nitrogens with zero attached hydrogens (tertiary/aromatic N) is 2. The summed E-state index contributed by atoms with van der Waals surface area (Å²) >= 11 is 1.46. The fourth-order valence-electron chi connectivity index (χ4n) is 2.01. The Balaban J connectivity index is 1.92. The maximum atomic E-state index is 10.0. The van der Waals surface area contributed by atoms with Gasteiger partial charge in [-0.2, -0.15) is 0 Å². The number of rotatable bonds is 4. The lowest BCUT2D eigenvalue weighted by Gasteiger charge is -2.04. The maximum Gasteiger partial charge on any atom is 0.210 e. The molecular weight excluding hydrogens is 300 g/mol. The molecule has 0 atom stereocenters. The zero-order valence-corrected chi connectivity index (χ0v) is 12.9. The molecule has 0 amide bonds. The summed E-state index contributed by atoms with van der Waals surface area (Å²) in [7, 11) is 3.14. The first-order valence-corrected chi connectivity index (χ1v) is 7.37. The standard InChI is InChI=1S/C16H14N2O3S/c1-20-11-6-7-12-14(8-11)22-16(18-12)17-9-10-4-3-5-13(21-2)15(10)19/h3-9,19H,1-2H3/b17-9+. The van der Waals surface area contributed by atoms with E-state index in [-0.39, 0.29) is 5.75 Å². The minimum Gasteiger partial charge on any atom is -0.504 e. The van der Waals surface area contributed by atoms with Crippen LogP contribution in [0.4, 0.5) is 5.13 Å². The van der Waals surface area contributed by atoms with Crippen molar-refractivity contribution in [2.24, 2.45) is 4.99 Å². The summed E-state index contributed by atoms with van der Waals surface area (Å²) in [5.74, 6) is 1.27. The lowest BCUT2D eigenvalue weighted by Crippen LogP contribution is -1.87. The molecule has 0 saturated carbocycles. The van der Waals surface area contributed by atoms with Crippen molar-refractivity contribution in [3.8, 4) is 17.2 Å². The molecule has 0 aliphatic heterocycles. The zero-order chi connectivity index (χ0) is 15.5. The van der Waals surface area contributed by atoms with Gasteiger partial charge < -0.3 is 14.6 Å². The van der Waals surface area contributed by atoms with Crippen molar-refractivity contribution in [2.45, 2.75) is 0 Å². The van der Waals surface area contributed by atoms with Crippen molar-refractivity contribution in [3.05, 3.63) is 42.0 Å². The number of methoxy groups -OCH3 is 2. The zero-order valence-electron chi connectivity index (χ0n) is 12.1. The van der Waals surface area contributed by atoms with E-state index in [1.54, 1.807) is 31.5 Å². The van der Waals surface area contributed by atoms with E-state index >= 15 is 0 Å². The number of benzene rings is 2. The molecule has 22 heavy (non-hydrogen) atoms. The quantitative estimate of drug-likeness (QED) is 0.745. The van der Waals surface area contributed by atoms with Crippen molar-refractivity contribution in [1.82, 2.24) is 4.98 Å². The van der Waals surface area contributed by atoms with Crippen LogP contribution in [0, 0.1) is 0 Å². The number of phenolic OH excluding ortho intramolecular Hbond substituents is 1. The summed E-state index contributed by atoms with van der Waals surface area (Å²) in [4.78, 5) is 8.76. The SMILES string of the molecule is COc1ccc2nc(/N=C/c3cccc(OC)c3O)sc2c1. The van der Waals surface area contributed by atoms with Gasteiger partial charge in [-0.15, -0.1) is 0 Å². The summed E-state index contributed by atoms with van der Waals surface area (Å²) in [6.45, 7) is 0. The molecule has 1 aromatic heterocycles. The molecule has 0 saturated heterocycles. The molecular formula is C16H14N2O3S. The minimum absolute atomic E-state index is 0.0662. The van der Waals surface area contributed by atoms with E-state index in [1.807, 2.05) is 18.2 Å². The molecule has 1 N–H and O–H groups in total. The average Bonchev–Trinajstić information content (AvgIpc) is 2.95. The second-order valence-corrected chi connectivity index (χ2v) is 5.50. The predicted octanol–water partition coefficient (Wildman–Crippen LogP) is 3.77. The molecule has 1 heterocycles. The van der Waals surface area contributed by atoms with Gasteiger partial charge in [0.05, 0.1) is 24.4 Å². The van der Waals surface area contributed by atoms with Gasteiger partial charge >= 0.3 is 0 Å². The third-order valence-corrected chi connectivity index (χ3v) is 4.07. The molecule has 0 aliphatic carbocycles. The first kappa shape index (κ1) is 14.3. The van der Waals surface area contributed by atoms with Gasteiger partial charge in [0.1, 0.15) is 5.75 Å². The van der Waals surface area contributed by atoms with Crippen LogP contribution in [0.25, 0.3) is 10.2 Å². The van der Waals surface area contributed by atoms with E-state index in [2.05, 4.69) is 9.98 Å². The normalized spacial score (nSPS) is 11.2. The van der Waals surface area contributed by atoms with Crippen molar-refractivity contribution in [1.29, 1.82) is 0 Å². The van der Waals surface area contributed by atoms with Gasteiger partial charge in [0.25, 0.3) is 0 Å². The van der Waals surface area contributed by atoms with Crippen LogP contribution < -0.4 is 9.47 Å². The largest absolute Gasteiger partial charge is 0.504 e.